The summed E-state index contributed by atoms with van der Waals surface area (Å²) >= 11 is 0. The molecule has 9 heteroatoms. The summed E-state index contributed by atoms with van der Waals surface area (Å²) in [6, 6.07) is 17.4. The zero-order valence-electron chi connectivity index (χ0n) is 23.1. The van der Waals surface area contributed by atoms with E-state index in [0.29, 0.717) is 43.9 Å². The van der Waals surface area contributed by atoms with Crippen LogP contribution < -0.4 is 10.2 Å². The van der Waals surface area contributed by atoms with Gasteiger partial charge in [-0.3, -0.25) is 14.6 Å². The van der Waals surface area contributed by atoms with Crippen LogP contribution in [0.3, 0.4) is 0 Å². The maximum atomic E-state index is 13.7. The average molecular weight is 564 g/mol. The maximum Gasteiger partial charge on any atom is 0.256 e. The number of aliphatic hydroxyl groups excluding tert-OH is 1. The molecule has 0 spiro atoms. The van der Waals surface area contributed by atoms with E-state index in [-0.39, 0.29) is 36.8 Å². The number of fused-ring (bicyclic) bond motifs is 2. The predicted octanol–water partition coefficient (Wildman–Crippen LogP) is 3.18. The van der Waals surface area contributed by atoms with E-state index < -0.39 is 6.10 Å². The fourth-order valence-corrected chi connectivity index (χ4v) is 5.51. The number of β-amino-alcohol motifs (C(OH)–C–C–N with tert-alkyl or cyclic N) is 1. The summed E-state index contributed by atoms with van der Waals surface area (Å²) in [6.45, 7) is 5.46. The van der Waals surface area contributed by atoms with Gasteiger partial charge in [-0.1, -0.05) is 30.3 Å². The number of nitrogens with one attached hydrogen (secondary N) is 1. The molecule has 0 saturated heterocycles. The number of aliphatic hydroxyl groups is 1. The molecular formula is C31H38ClN5O3. The van der Waals surface area contributed by atoms with Crippen LogP contribution in [0.1, 0.15) is 44.3 Å². The van der Waals surface area contributed by atoms with Crippen LogP contribution in [0.25, 0.3) is 0 Å². The molecule has 3 heterocycles. The van der Waals surface area contributed by atoms with Crippen molar-refractivity contribution in [1.29, 1.82) is 0 Å². The highest BCUT2D eigenvalue weighted by Gasteiger charge is 2.31. The zero-order valence-corrected chi connectivity index (χ0v) is 23.9. The third-order valence-electron chi connectivity index (χ3n) is 7.91. The number of halogens is 1. The van der Waals surface area contributed by atoms with E-state index in [4.69, 9.17) is 0 Å². The monoisotopic (exact) mass is 563 g/mol. The SMILES string of the molecule is CCN1CCN(C[C@@H](O)[C@@H]2Cc3ccccc3CN2)C(=O)c2ccc(C(=O)N(C)CCc3cccnc3)cc21.Cl. The van der Waals surface area contributed by atoms with Gasteiger partial charge >= 0.3 is 0 Å². The number of carbonyl (C=O) groups is 2. The van der Waals surface area contributed by atoms with Gasteiger partial charge in [0.1, 0.15) is 0 Å². The van der Waals surface area contributed by atoms with Gasteiger partial charge < -0.3 is 25.1 Å². The van der Waals surface area contributed by atoms with Crippen LogP contribution >= 0.6 is 12.4 Å². The van der Waals surface area contributed by atoms with Crippen molar-refractivity contribution in [3.63, 3.8) is 0 Å². The second kappa shape index (κ2) is 13.3. The molecule has 40 heavy (non-hydrogen) atoms. The highest BCUT2D eigenvalue weighted by Crippen LogP contribution is 2.28. The fraction of sp³-hybridized carbons (Fsp3) is 0.387. The van der Waals surface area contributed by atoms with E-state index in [1.807, 2.05) is 36.5 Å². The first-order valence-electron chi connectivity index (χ1n) is 13.8. The van der Waals surface area contributed by atoms with Crippen molar-refractivity contribution in [3.8, 4) is 0 Å². The first kappa shape index (κ1) is 29.5. The normalized spacial score (nSPS) is 17.3. The molecular weight excluding hydrogens is 526 g/mol. The van der Waals surface area contributed by atoms with Crippen molar-refractivity contribution in [2.45, 2.75) is 38.5 Å². The molecule has 0 unspecified atom stereocenters. The third-order valence-corrected chi connectivity index (χ3v) is 7.91. The first-order chi connectivity index (χ1) is 18.9. The number of anilines is 1. The summed E-state index contributed by atoms with van der Waals surface area (Å²) in [6.07, 6.45) is 4.32. The number of rotatable bonds is 8. The minimum atomic E-state index is -0.687. The zero-order chi connectivity index (χ0) is 27.4. The molecule has 2 N–H and O–H groups in total. The Morgan fingerprint density at radius 2 is 1.90 bits per heavy atom. The summed E-state index contributed by atoms with van der Waals surface area (Å²) in [5.41, 5.74) is 5.48. The lowest BCUT2D eigenvalue weighted by atomic mass is 9.92. The second-order valence-electron chi connectivity index (χ2n) is 10.4. The van der Waals surface area contributed by atoms with Crippen LogP contribution in [-0.4, -0.2) is 83.6 Å². The summed E-state index contributed by atoms with van der Waals surface area (Å²) in [4.78, 5) is 36.6. The molecule has 0 radical (unpaired) electrons. The molecule has 1 aromatic heterocycles. The smallest absolute Gasteiger partial charge is 0.256 e. The molecule has 2 aliphatic rings. The number of aromatic nitrogens is 1. The molecule has 2 aromatic carbocycles. The van der Waals surface area contributed by atoms with Crippen LogP contribution in [0.5, 0.6) is 0 Å². The lowest BCUT2D eigenvalue weighted by Crippen LogP contribution is -2.50. The number of amides is 2. The number of pyridine rings is 1. The van der Waals surface area contributed by atoms with Crippen molar-refractivity contribution in [3.05, 3.63) is 94.8 Å². The van der Waals surface area contributed by atoms with Crippen molar-refractivity contribution < 1.29 is 14.7 Å². The van der Waals surface area contributed by atoms with Crippen molar-refractivity contribution in [1.82, 2.24) is 20.1 Å². The largest absolute Gasteiger partial charge is 0.390 e. The summed E-state index contributed by atoms with van der Waals surface area (Å²) in [5, 5.41) is 14.6. The van der Waals surface area contributed by atoms with Gasteiger partial charge in [-0.05, 0) is 60.7 Å². The van der Waals surface area contributed by atoms with Crippen LogP contribution in [0.4, 0.5) is 5.69 Å². The summed E-state index contributed by atoms with van der Waals surface area (Å²) in [5.74, 6) is -0.189. The first-order valence-corrected chi connectivity index (χ1v) is 13.8. The second-order valence-corrected chi connectivity index (χ2v) is 10.4. The van der Waals surface area contributed by atoms with E-state index in [9.17, 15) is 14.7 Å². The molecule has 2 atom stereocenters. The van der Waals surface area contributed by atoms with E-state index in [1.165, 1.54) is 11.1 Å². The van der Waals surface area contributed by atoms with Gasteiger partial charge in [0.05, 0.1) is 17.4 Å². The number of nitrogens with zero attached hydrogens (tertiary/aromatic N) is 4. The van der Waals surface area contributed by atoms with E-state index in [0.717, 1.165) is 24.1 Å². The van der Waals surface area contributed by atoms with Gasteiger partial charge in [0.2, 0.25) is 0 Å². The number of likely N-dealkylation sites (N-methyl/N-ethyl adjacent to an activating group) is 2. The van der Waals surface area contributed by atoms with Crippen molar-refractivity contribution >= 4 is 29.9 Å². The molecule has 3 aromatic rings. The Balaban J connectivity index is 0.00000370. The van der Waals surface area contributed by atoms with Gasteiger partial charge in [0, 0.05) is 70.3 Å². The maximum absolute atomic E-state index is 13.7. The van der Waals surface area contributed by atoms with Crippen molar-refractivity contribution in [2.75, 3.05) is 44.7 Å². The van der Waals surface area contributed by atoms with E-state index >= 15 is 0 Å². The lowest BCUT2D eigenvalue weighted by Gasteiger charge is -2.33. The molecule has 0 bridgehead atoms. The Morgan fingerprint density at radius 3 is 2.65 bits per heavy atom. The molecule has 0 aliphatic carbocycles. The molecule has 5 rings (SSSR count). The molecule has 0 fully saturated rings. The number of benzene rings is 2. The van der Waals surface area contributed by atoms with E-state index in [1.54, 1.807) is 35.2 Å². The van der Waals surface area contributed by atoms with Gasteiger partial charge in [-0.15, -0.1) is 12.4 Å². The standard InChI is InChI=1S/C31H37N5O3.ClH/c1-3-35-15-16-36(21-29(37)27-17-23-8-4-5-9-25(23)20-33-27)31(39)26-11-10-24(18-28(26)35)30(38)34(2)14-12-22-7-6-13-32-19-22;/h4-11,13,18-19,27,29,33,37H,3,12,14-17,20-21H2,1-2H3;1H/t27-,29+;/m0./s1. The van der Waals surface area contributed by atoms with E-state index in [2.05, 4.69) is 34.3 Å². The number of hydrogen-bond acceptors (Lipinski definition) is 6. The summed E-state index contributed by atoms with van der Waals surface area (Å²) in [7, 11) is 1.80. The van der Waals surface area contributed by atoms with Crippen LogP contribution in [0.15, 0.2) is 67.0 Å². The topological polar surface area (TPSA) is 89.0 Å². The van der Waals surface area contributed by atoms with Crippen LogP contribution in [0, 0.1) is 0 Å². The quantitative estimate of drug-likeness (QED) is 0.438. The highest BCUT2D eigenvalue weighted by molar-refractivity contribution is 6.03. The third kappa shape index (κ3) is 6.46. The molecule has 8 nitrogen and oxygen atoms in total. The number of hydrogen-bond donors (Lipinski definition) is 2. The summed E-state index contributed by atoms with van der Waals surface area (Å²) < 4.78 is 0. The highest BCUT2D eigenvalue weighted by atomic mass is 35.5. The molecule has 0 saturated carbocycles. The average Bonchev–Trinajstić information content (AvgIpc) is 3.11. The fourth-order valence-electron chi connectivity index (χ4n) is 5.51. The lowest BCUT2D eigenvalue weighted by molar-refractivity contribution is 0.0540. The van der Waals surface area contributed by atoms with Gasteiger partial charge in [-0.2, -0.15) is 0 Å². The van der Waals surface area contributed by atoms with Crippen molar-refractivity contribution in [2.24, 2.45) is 0 Å². The molecule has 2 aliphatic heterocycles. The Kier molecular flexibility index (Phi) is 9.79. The molecule has 2 amide bonds. The number of carbonyl (C=O) groups excluding carboxylic acids is 2. The van der Waals surface area contributed by atoms with Gasteiger partial charge in [-0.25, -0.2) is 0 Å². The van der Waals surface area contributed by atoms with Gasteiger partial charge in [0.25, 0.3) is 11.8 Å². The Hall–Kier alpha value is -3.46. The minimum Gasteiger partial charge on any atom is -0.390 e. The Bertz CT molecular complexity index is 1320. The van der Waals surface area contributed by atoms with Crippen LogP contribution in [0.2, 0.25) is 0 Å². The Labute approximate surface area is 242 Å². The predicted molar refractivity (Wildman–Crippen MR) is 159 cm³/mol. The minimum absolute atomic E-state index is 0. The Morgan fingerprint density at radius 1 is 1.12 bits per heavy atom. The van der Waals surface area contributed by atoms with Gasteiger partial charge in [0.15, 0.2) is 0 Å². The molecule has 212 valence electrons. The van der Waals surface area contributed by atoms with Crippen LogP contribution in [-0.2, 0) is 19.4 Å².